The minimum Gasteiger partial charge on any atom is -0.493 e. The van der Waals surface area contributed by atoms with Crippen LogP contribution in [0.3, 0.4) is 0 Å². The van der Waals surface area contributed by atoms with Gasteiger partial charge in [-0.15, -0.1) is 17.9 Å². The number of thiophene rings is 1. The summed E-state index contributed by atoms with van der Waals surface area (Å²) in [6.07, 6.45) is 2.78. The van der Waals surface area contributed by atoms with Crippen molar-refractivity contribution in [3.63, 3.8) is 0 Å². The fourth-order valence-corrected chi connectivity index (χ4v) is 4.33. The first-order valence-electron chi connectivity index (χ1n) is 9.67. The van der Waals surface area contributed by atoms with Gasteiger partial charge in [0.2, 0.25) is 0 Å². The molecule has 2 N–H and O–H groups in total. The van der Waals surface area contributed by atoms with Crippen LogP contribution in [-0.2, 0) is 6.54 Å². The molecule has 2 heterocycles. The third kappa shape index (κ3) is 4.89. The molecule has 0 aliphatic carbocycles. The zero-order valence-corrected chi connectivity index (χ0v) is 18.3. The highest BCUT2D eigenvalue weighted by atomic mass is 32.1. The minimum atomic E-state index is -0.443. The SMILES string of the molecule is C=CCCC(O)CN(C)Cc1nc2scc(-c3ccc(OC)c(OC)c3)c2c(=O)[nH]1. The van der Waals surface area contributed by atoms with E-state index >= 15 is 0 Å². The highest BCUT2D eigenvalue weighted by Crippen LogP contribution is 2.36. The molecule has 0 fully saturated rings. The van der Waals surface area contributed by atoms with E-state index in [4.69, 9.17) is 9.47 Å². The number of nitrogens with zero attached hydrogens (tertiary/aromatic N) is 2. The van der Waals surface area contributed by atoms with E-state index < -0.39 is 6.10 Å². The smallest absolute Gasteiger partial charge is 0.260 e. The molecule has 7 nitrogen and oxygen atoms in total. The summed E-state index contributed by atoms with van der Waals surface area (Å²) in [4.78, 5) is 23.0. The molecule has 8 heteroatoms. The summed E-state index contributed by atoms with van der Waals surface area (Å²) in [6, 6.07) is 5.57. The number of aliphatic hydroxyl groups is 1. The first-order valence-corrected chi connectivity index (χ1v) is 10.5. The largest absolute Gasteiger partial charge is 0.493 e. The topological polar surface area (TPSA) is 87.7 Å². The second kappa shape index (κ2) is 9.88. The Morgan fingerprint density at radius 3 is 2.80 bits per heavy atom. The van der Waals surface area contributed by atoms with Gasteiger partial charge < -0.3 is 19.6 Å². The molecule has 2 aromatic heterocycles. The molecule has 0 aliphatic heterocycles. The molecule has 160 valence electrons. The minimum absolute atomic E-state index is 0.179. The summed E-state index contributed by atoms with van der Waals surface area (Å²) < 4.78 is 10.7. The van der Waals surface area contributed by atoms with Gasteiger partial charge in [-0.1, -0.05) is 12.1 Å². The first kappa shape index (κ1) is 22.0. The van der Waals surface area contributed by atoms with Gasteiger partial charge in [-0.25, -0.2) is 4.98 Å². The summed E-state index contributed by atoms with van der Waals surface area (Å²) in [5.74, 6) is 1.81. The standard InChI is InChI=1S/C22H27N3O4S/c1-5-6-7-15(26)11-25(2)12-19-23-21(27)20-16(13-30-22(20)24-19)14-8-9-17(28-3)18(10-14)29-4/h5,8-10,13,15,26H,1,6-7,11-12H2,2-4H3,(H,23,24,27). The summed E-state index contributed by atoms with van der Waals surface area (Å²) in [7, 11) is 5.06. The number of aliphatic hydroxyl groups excluding tert-OH is 1. The molecular weight excluding hydrogens is 402 g/mol. The summed E-state index contributed by atoms with van der Waals surface area (Å²) in [6.45, 7) is 4.62. The van der Waals surface area contributed by atoms with Crippen LogP contribution in [0.4, 0.5) is 0 Å². The summed E-state index contributed by atoms with van der Waals surface area (Å²) >= 11 is 1.43. The third-order valence-electron chi connectivity index (χ3n) is 4.83. The lowest BCUT2D eigenvalue weighted by molar-refractivity contribution is 0.115. The van der Waals surface area contributed by atoms with E-state index in [1.165, 1.54) is 11.3 Å². The van der Waals surface area contributed by atoms with E-state index in [1.807, 2.05) is 35.5 Å². The molecular formula is C22H27N3O4S. The number of likely N-dealkylation sites (N-methyl/N-ethyl adjacent to an activating group) is 1. The van der Waals surface area contributed by atoms with Gasteiger partial charge in [0.05, 0.1) is 32.3 Å². The Morgan fingerprint density at radius 1 is 1.33 bits per heavy atom. The number of aromatic amines is 1. The number of methoxy groups -OCH3 is 2. The first-order chi connectivity index (χ1) is 14.5. The lowest BCUT2D eigenvalue weighted by Gasteiger charge is -2.19. The number of hydrogen-bond acceptors (Lipinski definition) is 7. The van der Waals surface area contributed by atoms with Crippen molar-refractivity contribution in [1.82, 2.24) is 14.9 Å². The van der Waals surface area contributed by atoms with Crippen LogP contribution >= 0.6 is 11.3 Å². The Balaban J connectivity index is 1.85. The Bertz CT molecular complexity index is 1080. The van der Waals surface area contributed by atoms with Gasteiger partial charge >= 0.3 is 0 Å². The van der Waals surface area contributed by atoms with Crippen molar-refractivity contribution in [3.8, 4) is 22.6 Å². The number of allylic oxidation sites excluding steroid dienone is 1. The molecule has 1 aromatic carbocycles. The molecule has 0 radical (unpaired) electrons. The van der Waals surface area contributed by atoms with Gasteiger partial charge in [-0.05, 0) is 37.6 Å². The highest BCUT2D eigenvalue weighted by Gasteiger charge is 2.16. The number of fused-ring (bicyclic) bond motifs is 1. The van der Waals surface area contributed by atoms with Crippen molar-refractivity contribution in [2.45, 2.75) is 25.5 Å². The van der Waals surface area contributed by atoms with Crippen LogP contribution in [0.15, 0.2) is 41.0 Å². The average Bonchev–Trinajstić information content (AvgIpc) is 3.16. The maximum absolute atomic E-state index is 12.9. The number of benzene rings is 1. The second-order valence-corrected chi connectivity index (χ2v) is 7.99. The monoisotopic (exact) mass is 429 g/mol. The van der Waals surface area contributed by atoms with E-state index in [9.17, 15) is 9.90 Å². The van der Waals surface area contributed by atoms with Crippen molar-refractivity contribution in [1.29, 1.82) is 0 Å². The molecule has 1 unspecified atom stereocenters. The Kier molecular flexibility index (Phi) is 7.25. The predicted octanol–water partition coefficient (Wildman–Crippen LogP) is 3.43. The molecule has 0 bridgehead atoms. The fraction of sp³-hybridized carbons (Fsp3) is 0.364. The zero-order valence-electron chi connectivity index (χ0n) is 17.5. The maximum Gasteiger partial charge on any atom is 0.260 e. The second-order valence-electron chi connectivity index (χ2n) is 7.13. The van der Waals surface area contributed by atoms with Crippen LogP contribution in [0.25, 0.3) is 21.3 Å². The van der Waals surface area contributed by atoms with Gasteiger partial charge in [0.25, 0.3) is 5.56 Å². The van der Waals surface area contributed by atoms with Crippen molar-refractivity contribution >= 4 is 21.6 Å². The quantitative estimate of drug-likeness (QED) is 0.480. The zero-order chi connectivity index (χ0) is 21.7. The van der Waals surface area contributed by atoms with E-state index in [2.05, 4.69) is 16.5 Å². The molecule has 0 amide bonds. The number of hydrogen-bond donors (Lipinski definition) is 2. The Labute approximate surface area is 179 Å². The van der Waals surface area contributed by atoms with Crippen LogP contribution in [0, 0.1) is 0 Å². The summed E-state index contributed by atoms with van der Waals surface area (Å²) in [5, 5.41) is 12.6. The van der Waals surface area contributed by atoms with Gasteiger partial charge in [-0.3, -0.25) is 9.69 Å². The highest BCUT2D eigenvalue weighted by molar-refractivity contribution is 7.17. The molecule has 1 atom stereocenters. The van der Waals surface area contributed by atoms with Crippen LogP contribution in [0.5, 0.6) is 11.5 Å². The fourth-order valence-electron chi connectivity index (χ4n) is 3.37. The lowest BCUT2D eigenvalue weighted by atomic mass is 10.1. The Morgan fingerprint density at radius 2 is 2.10 bits per heavy atom. The number of nitrogens with one attached hydrogen (secondary N) is 1. The number of rotatable bonds is 10. The maximum atomic E-state index is 12.9. The van der Waals surface area contributed by atoms with Crippen molar-refractivity contribution in [2.24, 2.45) is 0 Å². The van der Waals surface area contributed by atoms with Gasteiger partial charge in [0.1, 0.15) is 10.7 Å². The van der Waals surface area contributed by atoms with Crippen LogP contribution in [-0.4, -0.2) is 53.9 Å². The van der Waals surface area contributed by atoms with E-state index in [-0.39, 0.29) is 5.56 Å². The van der Waals surface area contributed by atoms with E-state index in [0.717, 1.165) is 17.5 Å². The molecule has 0 saturated heterocycles. The van der Waals surface area contributed by atoms with Gasteiger partial charge in [0.15, 0.2) is 11.5 Å². The normalized spacial score (nSPS) is 12.3. The average molecular weight is 430 g/mol. The predicted molar refractivity (Wildman–Crippen MR) is 121 cm³/mol. The molecule has 3 aromatic rings. The molecule has 3 rings (SSSR count). The lowest BCUT2D eigenvalue weighted by Crippen LogP contribution is -2.30. The van der Waals surface area contributed by atoms with Crippen LogP contribution < -0.4 is 15.0 Å². The van der Waals surface area contributed by atoms with Crippen molar-refractivity contribution in [3.05, 3.63) is 52.4 Å². The summed E-state index contributed by atoms with van der Waals surface area (Å²) in [5.41, 5.74) is 1.49. The molecule has 0 aliphatic rings. The van der Waals surface area contributed by atoms with Gasteiger partial charge in [-0.2, -0.15) is 0 Å². The van der Waals surface area contributed by atoms with Crippen molar-refractivity contribution < 1.29 is 14.6 Å². The van der Waals surface area contributed by atoms with Crippen LogP contribution in [0.2, 0.25) is 0 Å². The number of aromatic nitrogens is 2. The van der Waals surface area contributed by atoms with Crippen molar-refractivity contribution in [2.75, 3.05) is 27.8 Å². The third-order valence-corrected chi connectivity index (χ3v) is 5.71. The number of H-pyrrole nitrogens is 1. The van der Waals surface area contributed by atoms with Gasteiger partial charge in [0, 0.05) is 17.5 Å². The molecule has 30 heavy (non-hydrogen) atoms. The van der Waals surface area contributed by atoms with E-state index in [1.54, 1.807) is 20.3 Å². The molecule has 0 spiro atoms. The molecule has 0 saturated carbocycles. The Hall–Kier alpha value is -2.68. The van der Waals surface area contributed by atoms with Crippen LogP contribution in [0.1, 0.15) is 18.7 Å². The number of ether oxygens (including phenoxy) is 2. The van der Waals surface area contributed by atoms with E-state index in [0.29, 0.717) is 47.1 Å².